The van der Waals surface area contributed by atoms with Crippen molar-refractivity contribution in [1.29, 1.82) is 0 Å². The van der Waals surface area contributed by atoms with Crippen LogP contribution < -0.4 is 4.72 Å². The van der Waals surface area contributed by atoms with Gasteiger partial charge in [-0.25, -0.2) is 17.5 Å². The van der Waals surface area contributed by atoms with Crippen molar-refractivity contribution in [3.05, 3.63) is 71.3 Å². The van der Waals surface area contributed by atoms with Gasteiger partial charge in [0.2, 0.25) is 0 Å². The normalized spacial score (nSPS) is 11.5. The van der Waals surface area contributed by atoms with Gasteiger partial charge in [-0.2, -0.15) is 5.10 Å². The predicted octanol–water partition coefficient (Wildman–Crippen LogP) is 3.99. The highest BCUT2D eigenvalue weighted by Crippen LogP contribution is 2.26. The van der Waals surface area contributed by atoms with Crippen LogP contribution in [0.25, 0.3) is 5.69 Å². The second-order valence-electron chi connectivity index (χ2n) is 6.00. The van der Waals surface area contributed by atoms with E-state index in [0.29, 0.717) is 29.2 Å². The molecule has 0 aliphatic heterocycles. The first-order valence-corrected chi connectivity index (χ1v) is 9.74. The lowest BCUT2D eigenvalue weighted by Gasteiger charge is -2.12. The highest BCUT2D eigenvalue weighted by molar-refractivity contribution is 7.92. The SMILES string of the molecule is CCc1ccccc1NS(=O)(=O)c1c(C)nn(-c2ccc(F)cc2)c1C. The van der Waals surface area contributed by atoms with E-state index in [1.54, 1.807) is 38.1 Å². The maximum absolute atomic E-state index is 13.2. The van der Waals surface area contributed by atoms with Gasteiger partial charge in [0.15, 0.2) is 0 Å². The van der Waals surface area contributed by atoms with E-state index in [1.165, 1.54) is 16.8 Å². The van der Waals surface area contributed by atoms with Crippen LogP contribution in [-0.2, 0) is 16.4 Å². The lowest BCUT2D eigenvalue weighted by molar-refractivity contribution is 0.600. The van der Waals surface area contributed by atoms with Gasteiger partial charge in [-0.3, -0.25) is 4.72 Å². The van der Waals surface area contributed by atoms with Gasteiger partial charge < -0.3 is 0 Å². The Bertz CT molecular complexity index is 1040. The quantitative estimate of drug-likeness (QED) is 0.735. The van der Waals surface area contributed by atoms with Crippen molar-refractivity contribution in [2.75, 3.05) is 4.72 Å². The average molecular weight is 373 g/mol. The molecule has 0 aliphatic rings. The molecule has 136 valence electrons. The molecular weight excluding hydrogens is 353 g/mol. The summed E-state index contributed by atoms with van der Waals surface area (Å²) >= 11 is 0. The molecule has 7 heteroatoms. The zero-order valence-electron chi connectivity index (χ0n) is 14.8. The number of nitrogens with one attached hydrogen (secondary N) is 1. The maximum Gasteiger partial charge on any atom is 0.265 e. The van der Waals surface area contributed by atoms with Gasteiger partial charge in [-0.1, -0.05) is 25.1 Å². The van der Waals surface area contributed by atoms with Crippen molar-refractivity contribution in [3.63, 3.8) is 0 Å². The van der Waals surface area contributed by atoms with Gasteiger partial charge in [0.1, 0.15) is 10.7 Å². The second kappa shape index (κ2) is 6.92. The lowest BCUT2D eigenvalue weighted by atomic mass is 10.1. The number of nitrogens with zero attached hydrogens (tertiary/aromatic N) is 2. The van der Waals surface area contributed by atoms with Gasteiger partial charge in [-0.05, 0) is 56.2 Å². The van der Waals surface area contributed by atoms with E-state index in [1.807, 2.05) is 19.1 Å². The van der Waals surface area contributed by atoms with E-state index in [9.17, 15) is 12.8 Å². The maximum atomic E-state index is 13.2. The molecule has 1 aromatic heterocycles. The van der Waals surface area contributed by atoms with Crippen LogP contribution in [0.15, 0.2) is 53.4 Å². The Morgan fingerprint density at radius 1 is 1.08 bits per heavy atom. The van der Waals surface area contributed by atoms with Gasteiger partial charge in [-0.15, -0.1) is 0 Å². The van der Waals surface area contributed by atoms with Gasteiger partial charge in [0.25, 0.3) is 10.0 Å². The summed E-state index contributed by atoms with van der Waals surface area (Å²) in [5.74, 6) is -0.360. The molecule has 0 unspecified atom stereocenters. The Morgan fingerprint density at radius 2 is 1.73 bits per heavy atom. The van der Waals surface area contributed by atoms with Gasteiger partial charge in [0.05, 0.1) is 22.8 Å². The van der Waals surface area contributed by atoms with Crippen molar-refractivity contribution < 1.29 is 12.8 Å². The molecule has 1 heterocycles. The zero-order valence-corrected chi connectivity index (χ0v) is 15.6. The van der Waals surface area contributed by atoms with Crippen molar-refractivity contribution in [2.24, 2.45) is 0 Å². The molecule has 0 amide bonds. The summed E-state index contributed by atoms with van der Waals surface area (Å²) in [4.78, 5) is 0.132. The molecule has 0 spiro atoms. The lowest BCUT2D eigenvalue weighted by Crippen LogP contribution is -2.16. The van der Waals surface area contributed by atoms with Crippen molar-refractivity contribution in [2.45, 2.75) is 32.1 Å². The molecular formula is C19H20FN3O2S. The van der Waals surface area contributed by atoms with Crippen LogP contribution >= 0.6 is 0 Å². The van der Waals surface area contributed by atoms with Crippen LogP contribution in [0, 0.1) is 19.7 Å². The molecule has 2 aromatic carbocycles. The Balaban J connectivity index is 2.04. The van der Waals surface area contributed by atoms with E-state index in [4.69, 9.17) is 0 Å². The number of halogens is 1. The Kier molecular flexibility index (Phi) is 4.82. The molecule has 0 fully saturated rings. The summed E-state index contributed by atoms with van der Waals surface area (Å²) in [7, 11) is -3.81. The van der Waals surface area contributed by atoms with Gasteiger partial charge in [0, 0.05) is 0 Å². The third-order valence-electron chi connectivity index (χ3n) is 4.21. The number of aromatic nitrogens is 2. The minimum absolute atomic E-state index is 0.132. The standard InChI is InChI=1S/C19H20FN3O2S/c1-4-15-7-5-6-8-18(15)22-26(24,25)19-13(2)21-23(14(19)3)17-11-9-16(20)10-12-17/h5-12,22H,4H2,1-3H3. The monoisotopic (exact) mass is 373 g/mol. The molecule has 26 heavy (non-hydrogen) atoms. The molecule has 0 saturated heterocycles. The van der Waals surface area contributed by atoms with Crippen LogP contribution in [0.1, 0.15) is 23.9 Å². The third kappa shape index (κ3) is 3.35. The highest BCUT2D eigenvalue weighted by Gasteiger charge is 2.25. The molecule has 0 aliphatic carbocycles. The summed E-state index contributed by atoms with van der Waals surface area (Å²) in [5, 5.41) is 4.34. The van der Waals surface area contributed by atoms with Crippen LogP contribution in [0.4, 0.5) is 10.1 Å². The average Bonchev–Trinajstić information content (AvgIpc) is 2.91. The van der Waals surface area contributed by atoms with E-state index in [0.717, 1.165) is 5.56 Å². The van der Waals surface area contributed by atoms with Crippen LogP contribution in [0.5, 0.6) is 0 Å². The first-order chi connectivity index (χ1) is 12.3. The zero-order chi connectivity index (χ0) is 18.9. The first kappa shape index (κ1) is 18.1. The summed E-state index contributed by atoms with van der Waals surface area (Å²) in [6.07, 6.45) is 0.714. The smallest absolute Gasteiger partial charge is 0.265 e. The molecule has 0 atom stereocenters. The van der Waals surface area contributed by atoms with Crippen molar-refractivity contribution in [1.82, 2.24) is 9.78 Å². The fourth-order valence-electron chi connectivity index (χ4n) is 2.97. The van der Waals surface area contributed by atoms with E-state index in [2.05, 4.69) is 9.82 Å². The molecule has 3 aromatic rings. The van der Waals surface area contributed by atoms with E-state index < -0.39 is 10.0 Å². The molecule has 1 N–H and O–H groups in total. The first-order valence-electron chi connectivity index (χ1n) is 8.26. The highest BCUT2D eigenvalue weighted by atomic mass is 32.2. The molecule has 5 nitrogen and oxygen atoms in total. The molecule has 0 bridgehead atoms. The van der Waals surface area contributed by atoms with Crippen molar-refractivity contribution >= 4 is 15.7 Å². The number of benzene rings is 2. The second-order valence-corrected chi connectivity index (χ2v) is 7.62. The predicted molar refractivity (Wildman–Crippen MR) is 99.6 cm³/mol. The van der Waals surface area contributed by atoms with Crippen LogP contribution in [0.2, 0.25) is 0 Å². The summed E-state index contributed by atoms with van der Waals surface area (Å²) < 4.78 is 43.3. The fraction of sp³-hybridized carbons (Fsp3) is 0.211. The van der Waals surface area contributed by atoms with E-state index in [-0.39, 0.29) is 10.7 Å². The Labute approximate surface area is 152 Å². The summed E-state index contributed by atoms with van der Waals surface area (Å²) in [5.41, 5.74) is 2.92. The molecule has 3 rings (SSSR count). The summed E-state index contributed by atoms with van der Waals surface area (Å²) in [6.45, 7) is 5.30. The van der Waals surface area contributed by atoms with Crippen molar-refractivity contribution in [3.8, 4) is 5.69 Å². The molecule has 0 radical (unpaired) electrons. The van der Waals surface area contributed by atoms with E-state index >= 15 is 0 Å². The fourth-order valence-corrected chi connectivity index (χ4v) is 4.47. The topological polar surface area (TPSA) is 64.0 Å². The summed E-state index contributed by atoms with van der Waals surface area (Å²) in [6, 6.07) is 13.0. The number of hydrogen-bond donors (Lipinski definition) is 1. The van der Waals surface area contributed by atoms with Crippen LogP contribution in [0.3, 0.4) is 0 Å². The minimum Gasteiger partial charge on any atom is -0.279 e. The number of sulfonamides is 1. The number of anilines is 1. The third-order valence-corrected chi connectivity index (χ3v) is 5.82. The number of rotatable bonds is 5. The largest absolute Gasteiger partial charge is 0.279 e. The van der Waals surface area contributed by atoms with Crippen LogP contribution in [-0.4, -0.2) is 18.2 Å². The number of para-hydroxylation sites is 1. The Hall–Kier alpha value is -2.67. The molecule has 0 saturated carbocycles. The Morgan fingerprint density at radius 3 is 2.38 bits per heavy atom. The van der Waals surface area contributed by atoms with Gasteiger partial charge >= 0.3 is 0 Å². The number of hydrogen-bond acceptors (Lipinski definition) is 3. The number of aryl methyl sites for hydroxylation is 2. The minimum atomic E-state index is -3.81.